The maximum atomic E-state index is 13.1. The summed E-state index contributed by atoms with van der Waals surface area (Å²) in [4.78, 5) is 26.0. The topological polar surface area (TPSA) is 95.9 Å². The molecule has 0 aliphatic heterocycles. The SMILES string of the molecule is CC/C=C/C=C/C=C\C=C/CCCCCC(=O)OC(/C=C/C/C=C\CCCCCCCC)CC(=O)NC(CO)C(O)CCCCCCCCCCCCCCCCCC. The molecule has 59 heavy (non-hydrogen) atoms. The van der Waals surface area contributed by atoms with Gasteiger partial charge in [0.1, 0.15) is 6.10 Å². The first-order chi connectivity index (χ1) is 29.0. The molecule has 0 aliphatic rings. The molecule has 0 fully saturated rings. The number of aliphatic hydroxyl groups excluding tert-OH is 2. The Morgan fingerprint density at radius 2 is 1.02 bits per heavy atom. The molecule has 0 saturated heterocycles. The van der Waals surface area contributed by atoms with Crippen LogP contribution in [0.5, 0.6) is 0 Å². The van der Waals surface area contributed by atoms with E-state index in [9.17, 15) is 19.8 Å². The monoisotopic (exact) mass is 824 g/mol. The van der Waals surface area contributed by atoms with Gasteiger partial charge in [0.2, 0.25) is 5.91 Å². The maximum absolute atomic E-state index is 13.1. The third-order valence-electron chi connectivity index (χ3n) is 10.9. The molecule has 3 unspecified atom stereocenters. The first-order valence-electron chi connectivity index (χ1n) is 24.7. The van der Waals surface area contributed by atoms with Crippen LogP contribution in [0.3, 0.4) is 0 Å². The van der Waals surface area contributed by atoms with Gasteiger partial charge in [0.25, 0.3) is 0 Å². The van der Waals surface area contributed by atoms with Crippen LogP contribution < -0.4 is 5.32 Å². The summed E-state index contributed by atoms with van der Waals surface area (Å²) in [6.07, 6.45) is 58.5. The Morgan fingerprint density at radius 3 is 1.56 bits per heavy atom. The molecule has 0 aromatic heterocycles. The lowest BCUT2D eigenvalue weighted by atomic mass is 10.0. The molecule has 6 nitrogen and oxygen atoms in total. The second-order valence-corrected chi connectivity index (χ2v) is 16.6. The van der Waals surface area contributed by atoms with Crippen LogP contribution in [-0.4, -0.2) is 46.9 Å². The summed E-state index contributed by atoms with van der Waals surface area (Å²) in [5.41, 5.74) is 0. The van der Waals surface area contributed by atoms with Gasteiger partial charge in [-0.2, -0.15) is 0 Å². The van der Waals surface area contributed by atoms with Gasteiger partial charge in [-0.3, -0.25) is 9.59 Å². The van der Waals surface area contributed by atoms with Crippen LogP contribution in [0.1, 0.15) is 226 Å². The average molecular weight is 824 g/mol. The van der Waals surface area contributed by atoms with E-state index in [0.717, 1.165) is 57.8 Å². The number of allylic oxidation sites excluding steroid dienone is 11. The molecular formula is C53H93NO5. The zero-order chi connectivity index (χ0) is 43.1. The number of esters is 1. The predicted octanol–water partition coefficient (Wildman–Crippen LogP) is 14.6. The molecule has 1 amide bonds. The summed E-state index contributed by atoms with van der Waals surface area (Å²) >= 11 is 0. The number of ether oxygens (including phenoxy) is 1. The van der Waals surface area contributed by atoms with Crippen LogP contribution in [0.25, 0.3) is 0 Å². The minimum absolute atomic E-state index is 0.0472. The summed E-state index contributed by atoms with van der Waals surface area (Å²) in [6.45, 7) is 6.29. The van der Waals surface area contributed by atoms with Crippen molar-refractivity contribution in [3.8, 4) is 0 Å². The van der Waals surface area contributed by atoms with E-state index in [1.165, 1.54) is 122 Å². The molecule has 0 heterocycles. The predicted molar refractivity (Wildman–Crippen MR) is 255 cm³/mol. The van der Waals surface area contributed by atoms with Gasteiger partial charge in [0.15, 0.2) is 0 Å². The first kappa shape index (κ1) is 56.3. The average Bonchev–Trinajstić information content (AvgIpc) is 3.23. The van der Waals surface area contributed by atoms with Gasteiger partial charge in [-0.05, 0) is 57.4 Å². The quantitative estimate of drug-likeness (QED) is 0.0246. The highest BCUT2D eigenvalue weighted by Gasteiger charge is 2.23. The normalized spacial score (nSPS) is 13.9. The number of hydrogen-bond donors (Lipinski definition) is 3. The molecular weight excluding hydrogens is 731 g/mol. The molecule has 0 aromatic carbocycles. The van der Waals surface area contributed by atoms with Gasteiger partial charge >= 0.3 is 5.97 Å². The van der Waals surface area contributed by atoms with Crippen LogP contribution in [0.15, 0.2) is 72.9 Å². The Kier molecular flexibility index (Phi) is 44.2. The summed E-state index contributed by atoms with van der Waals surface area (Å²) in [6, 6.07) is -0.743. The molecule has 0 aliphatic carbocycles. The molecule has 340 valence electrons. The zero-order valence-electron chi connectivity index (χ0n) is 38.6. The van der Waals surface area contributed by atoms with Crippen LogP contribution in [0, 0.1) is 0 Å². The second kappa shape index (κ2) is 46.4. The maximum Gasteiger partial charge on any atom is 0.306 e. The largest absolute Gasteiger partial charge is 0.458 e. The summed E-state index contributed by atoms with van der Waals surface area (Å²) < 4.78 is 5.79. The Hall–Kier alpha value is -2.70. The molecule has 0 radical (unpaired) electrons. The lowest BCUT2D eigenvalue weighted by Gasteiger charge is -2.23. The van der Waals surface area contributed by atoms with Gasteiger partial charge < -0.3 is 20.3 Å². The molecule has 0 rings (SSSR count). The molecule has 3 atom stereocenters. The van der Waals surface area contributed by atoms with E-state index >= 15 is 0 Å². The second-order valence-electron chi connectivity index (χ2n) is 16.6. The van der Waals surface area contributed by atoms with Gasteiger partial charge in [-0.25, -0.2) is 0 Å². The third-order valence-corrected chi connectivity index (χ3v) is 10.9. The lowest BCUT2D eigenvalue weighted by molar-refractivity contribution is -0.148. The van der Waals surface area contributed by atoms with E-state index in [0.29, 0.717) is 19.3 Å². The van der Waals surface area contributed by atoms with Gasteiger partial charge in [0.05, 0.1) is 25.2 Å². The fourth-order valence-electron chi connectivity index (χ4n) is 7.11. The summed E-state index contributed by atoms with van der Waals surface area (Å²) in [7, 11) is 0. The van der Waals surface area contributed by atoms with Crippen molar-refractivity contribution in [3.05, 3.63) is 72.9 Å². The van der Waals surface area contributed by atoms with Crippen molar-refractivity contribution in [3.63, 3.8) is 0 Å². The molecule has 0 bridgehead atoms. The first-order valence-corrected chi connectivity index (χ1v) is 24.7. The molecule has 0 aromatic rings. The number of aliphatic hydroxyl groups is 2. The molecule has 6 heteroatoms. The smallest absolute Gasteiger partial charge is 0.306 e. The molecule has 0 spiro atoms. The van der Waals surface area contributed by atoms with Gasteiger partial charge in [-0.1, -0.05) is 229 Å². The van der Waals surface area contributed by atoms with Crippen molar-refractivity contribution in [2.45, 2.75) is 244 Å². The number of hydrogen-bond acceptors (Lipinski definition) is 5. The number of carbonyl (C=O) groups excluding carboxylic acids is 2. The highest BCUT2D eigenvalue weighted by atomic mass is 16.5. The zero-order valence-corrected chi connectivity index (χ0v) is 38.6. The van der Waals surface area contributed by atoms with E-state index in [-0.39, 0.29) is 24.9 Å². The van der Waals surface area contributed by atoms with Crippen molar-refractivity contribution in [1.29, 1.82) is 0 Å². The van der Waals surface area contributed by atoms with Crippen LogP contribution in [0.4, 0.5) is 0 Å². The van der Waals surface area contributed by atoms with E-state index < -0.39 is 18.2 Å². The van der Waals surface area contributed by atoms with Gasteiger partial charge in [-0.15, -0.1) is 0 Å². The van der Waals surface area contributed by atoms with Crippen molar-refractivity contribution in [1.82, 2.24) is 5.32 Å². The standard InChI is InChI=1S/C53H93NO5/c1-4-7-10-13-16-19-22-24-25-26-28-30-33-36-39-42-45-51(56)50(48-55)54-52(57)47-49(44-41-38-35-32-29-21-18-15-12-9-6-3)59-53(58)46-43-40-37-34-31-27-23-20-17-14-11-8-5-2/h8,11,14,17,20,23,27,31-32,35,41,44,49-51,55-56H,4-7,9-10,12-13,15-16,18-19,21-22,24-26,28-30,33-34,36-40,42-43,45-48H2,1-3H3,(H,54,57)/b11-8+,17-14+,23-20-,31-27-,35-32-,44-41+. The van der Waals surface area contributed by atoms with Crippen LogP contribution in [-0.2, 0) is 14.3 Å². The molecule has 3 N–H and O–H groups in total. The van der Waals surface area contributed by atoms with Crippen molar-refractivity contribution < 1.29 is 24.5 Å². The Balaban J connectivity index is 4.64. The van der Waals surface area contributed by atoms with Crippen molar-refractivity contribution in [2.24, 2.45) is 0 Å². The Labute approximate surface area is 364 Å². The van der Waals surface area contributed by atoms with Crippen molar-refractivity contribution in [2.75, 3.05) is 6.61 Å². The van der Waals surface area contributed by atoms with Crippen LogP contribution in [0.2, 0.25) is 0 Å². The fraction of sp³-hybridized carbons (Fsp3) is 0.736. The minimum Gasteiger partial charge on any atom is -0.458 e. The minimum atomic E-state index is -0.820. The van der Waals surface area contributed by atoms with E-state index in [1.54, 1.807) is 6.08 Å². The highest BCUT2D eigenvalue weighted by Crippen LogP contribution is 2.16. The van der Waals surface area contributed by atoms with E-state index in [1.807, 2.05) is 36.5 Å². The number of nitrogens with one attached hydrogen (secondary N) is 1. The fourth-order valence-corrected chi connectivity index (χ4v) is 7.11. The third kappa shape index (κ3) is 41.8. The number of rotatable bonds is 43. The number of unbranched alkanes of at least 4 members (excludes halogenated alkanes) is 24. The lowest BCUT2D eigenvalue weighted by Crippen LogP contribution is -2.46. The van der Waals surface area contributed by atoms with Crippen molar-refractivity contribution >= 4 is 11.9 Å². The molecule has 0 saturated carbocycles. The Morgan fingerprint density at radius 1 is 0.542 bits per heavy atom. The van der Waals surface area contributed by atoms with E-state index in [2.05, 4.69) is 56.5 Å². The highest BCUT2D eigenvalue weighted by molar-refractivity contribution is 5.78. The summed E-state index contributed by atoms with van der Waals surface area (Å²) in [5.74, 6) is -0.652. The summed E-state index contributed by atoms with van der Waals surface area (Å²) in [5, 5.41) is 23.7. The van der Waals surface area contributed by atoms with Crippen LogP contribution >= 0.6 is 0 Å². The Bertz CT molecular complexity index is 1110. The van der Waals surface area contributed by atoms with E-state index in [4.69, 9.17) is 4.74 Å². The van der Waals surface area contributed by atoms with Gasteiger partial charge in [0, 0.05) is 6.42 Å². The number of amides is 1. The number of carbonyl (C=O) groups is 2.